The predicted octanol–water partition coefficient (Wildman–Crippen LogP) is 3.65. The minimum absolute atomic E-state index is 0.116. The van der Waals surface area contributed by atoms with Crippen molar-refractivity contribution in [2.45, 2.75) is 34.1 Å². The van der Waals surface area contributed by atoms with Crippen LogP contribution in [0.5, 0.6) is 0 Å². The van der Waals surface area contributed by atoms with Crippen molar-refractivity contribution in [1.29, 1.82) is 0 Å². The molecule has 17 heavy (non-hydrogen) atoms. The van der Waals surface area contributed by atoms with Gasteiger partial charge in [-0.05, 0) is 25.5 Å². The van der Waals surface area contributed by atoms with E-state index in [0.29, 0.717) is 0 Å². The number of hydrogen-bond donors (Lipinski definition) is 0. The van der Waals surface area contributed by atoms with E-state index in [1.165, 1.54) is 17.1 Å². The van der Waals surface area contributed by atoms with Crippen LogP contribution >= 0.6 is 0 Å². The summed E-state index contributed by atoms with van der Waals surface area (Å²) in [6.45, 7) is 10.9. The molecule has 1 heterocycles. The number of aliphatic imine (C=N–C) groups is 1. The smallest absolute Gasteiger partial charge is 0.109 e. The van der Waals surface area contributed by atoms with Gasteiger partial charge in [0.25, 0.3) is 0 Å². The van der Waals surface area contributed by atoms with Gasteiger partial charge in [0.15, 0.2) is 0 Å². The van der Waals surface area contributed by atoms with Crippen LogP contribution in [0.1, 0.15) is 32.8 Å². The molecule has 0 fully saturated rings. The van der Waals surface area contributed by atoms with E-state index in [2.05, 4.69) is 56.9 Å². The number of benzene rings is 1. The number of amidine groups is 1. The highest BCUT2D eigenvalue weighted by Gasteiger charge is 2.27. The minimum atomic E-state index is 0.116. The summed E-state index contributed by atoms with van der Waals surface area (Å²) in [5, 5.41) is 0. The van der Waals surface area contributed by atoms with Gasteiger partial charge in [0, 0.05) is 24.2 Å². The van der Waals surface area contributed by atoms with Crippen molar-refractivity contribution >= 4 is 11.5 Å². The largest absolute Gasteiger partial charge is 0.330 e. The molecular formula is C15H22N2. The maximum Gasteiger partial charge on any atom is 0.109 e. The highest BCUT2D eigenvalue weighted by molar-refractivity contribution is 6.01. The monoisotopic (exact) mass is 230 g/mol. The van der Waals surface area contributed by atoms with Crippen LogP contribution in [-0.4, -0.2) is 18.9 Å². The molecule has 0 aromatic heterocycles. The molecule has 0 saturated heterocycles. The number of hydrogen-bond acceptors (Lipinski definition) is 2. The SMILES string of the molecule is Cc1ccc(N2CCCN=C2C(C)(C)C)cc1. The summed E-state index contributed by atoms with van der Waals surface area (Å²) < 4.78 is 0. The first-order chi connectivity index (χ1) is 7.98. The Hall–Kier alpha value is -1.31. The van der Waals surface area contributed by atoms with Crippen LogP contribution in [0, 0.1) is 12.3 Å². The Morgan fingerprint density at radius 3 is 2.35 bits per heavy atom. The predicted molar refractivity (Wildman–Crippen MR) is 74.9 cm³/mol. The molecule has 2 heteroatoms. The fourth-order valence-corrected chi connectivity index (χ4v) is 2.22. The van der Waals surface area contributed by atoms with Crippen molar-refractivity contribution in [3.05, 3.63) is 29.8 Å². The zero-order valence-electron chi connectivity index (χ0n) is 11.3. The molecule has 0 aliphatic carbocycles. The van der Waals surface area contributed by atoms with Crippen LogP contribution in [0.25, 0.3) is 0 Å². The second kappa shape index (κ2) is 4.52. The van der Waals surface area contributed by atoms with Gasteiger partial charge < -0.3 is 4.90 Å². The third-order valence-electron chi connectivity index (χ3n) is 3.07. The molecule has 2 rings (SSSR count). The Morgan fingerprint density at radius 2 is 1.76 bits per heavy atom. The molecule has 0 bridgehead atoms. The Morgan fingerprint density at radius 1 is 1.12 bits per heavy atom. The van der Waals surface area contributed by atoms with Crippen molar-refractivity contribution in [2.24, 2.45) is 10.4 Å². The molecule has 0 unspecified atom stereocenters. The molecule has 0 atom stereocenters. The summed E-state index contributed by atoms with van der Waals surface area (Å²) in [6.07, 6.45) is 1.15. The lowest BCUT2D eigenvalue weighted by molar-refractivity contribution is 0.560. The normalized spacial score (nSPS) is 16.9. The van der Waals surface area contributed by atoms with E-state index in [1.54, 1.807) is 0 Å². The molecule has 0 radical (unpaired) electrons. The summed E-state index contributed by atoms with van der Waals surface area (Å²) in [5.74, 6) is 1.22. The standard InChI is InChI=1S/C15H22N2/c1-12-6-8-13(9-7-12)17-11-5-10-16-14(17)15(2,3)4/h6-9H,5,10-11H2,1-4H3. The summed E-state index contributed by atoms with van der Waals surface area (Å²) in [5.41, 5.74) is 2.69. The third-order valence-corrected chi connectivity index (χ3v) is 3.07. The zero-order chi connectivity index (χ0) is 12.5. The van der Waals surface area contributed by atoms with Gasteiger partial charge in [0.2, 0.25) is 0 Å². The fourth-order valence-electron chi connectivity index (χ4n) is 2.22. The summed E-state index contributed by atoms with van der Waals surface area (Å²) >= 11 is 0. The topological polar surface area (TPSA) is 15.6 Å². The maximum atomic E-state index is 4.72. The average Bonchev–Trinajstić information content (AvgIpc) is 2.29. The van der Waals surface area contributed by atoms with Gasteiger partial charge in [-0.15, -0.1) is 0 Å². The summed E-state index contributed by atoms with van der Waals surface area (Å²) in [7, 11) is 0. The van der Waals surface area contributed by atoms with Gasteiger partial charge in [0.05, 0.1) is 0 Å². The Balaban J connectivity index is 2.33. The van der Waals surface area contributed by atoms with Crippen molar-refractivity contribution in [3.63, 3.8) is 0 Å². The lowest BCUT2D eigenvalue weighted by atomic mass is 9.92. The van der Waals surface area contributed by atoms with Crippen molar-refractivity contribution in [1.82, 2.24) is 0 Å². The zero-order valence-corrected chi connectivity index (χ0v) is 11.3. The molecule has 92 valence electrons. The molecule has 0 N–H and O–H groups in total. The number of nitrogens with zero attached hydrogens (tertiary/aromatic N) is 2. The van der Waals surface area contributed by atoms with Gasteiger partial charge in [0.1, 0.15) is 5.84 Å². The molecule has 2 nitrogen and oxygen atoms in total. The summed E-state index contributed by atoms with van der Waals surface area (Å²) in [4.78, 5) is 7.09. The maximum absolute atomic E-state index is 4.72. The van der Waals surface area contributed by atoms with Crippen LogP contribution in [0.4, 0.5) is 5.69 Å². The van der Waals surface area contributed by atoms with E-state index in [0.717, 1.165) is 19.5 Å². The molecule has 1 aromatic carbocycles. The van der Waals surface area contributed by atoms with Crippen LogP contribution in [0.2, 0.25) is 0 Å². The summed E-state index contributed by atoms with van der Waals surface area (Å²) in [6, 6.07) is 8.73. The van der Waals surface area contributed by atoms with Crippen LogP contribution in [0.3, 0.4) is 0 Å². The van der Waals surface area contributed by atoms with Gasteiger partial charge in [-0.1, -0.05) is 38.5 Å². The third kappa shape index (κ3) is 2.68. The van der Waals surface area contributed by atoms with Crippen LogP contribution < -0.4 is 4.90 Å². The first kappa shape index (κ1) is 12.2. The Bertz CT molecular complexity index is 410. The number of anilines is 1. The van der Waals surface area contributed by atoms with E-state index >= 15 is 0 Å². The average molecular weight is 230 g/mol. The Kier molecular flexibility index (Phi) is 3.23. The fraction of sp³-hybridized carbons (Fsp3) is 0.533. The first-order valence-corrected chi connectivity index (χ1v) is 6.37. The highest BCUT2D eigenvalue weighted by atomic mass is 15.2. The molecule has 1 aliphatic heterocycles. The lowest BCUT2D eigenvalue weighted by Gasteiger charge is -2.36. The van der Waals surface area contributed by atoms with Crippen molar-refractivity contribution in [2.75, 3.05) is 18.0 Å². The quantitative estimate of drug-likeness (QED) is 0.719. The van der Waals surface area contributed by atoms with E-state index in [9.17, 15) is 0 Å². The minimum Gasteiger partial charge on any atom is -0.330 e. The molecule has 1 aliphatic rings. The van der Waals surface area contributed by atoms with Crippen molar-refractivity contribution < 1.29 is 0 Å². The molecule has 0 amide bonds. The molecule has 1 aromatic rings. The molecule has 0 saturated carbocycles. The second-order valence-corrected chi connectivity index (χ2v) is 5.80. The van der Waals surface area contributed by atoms with E-state index in [4.69, 9.17) is 4.99 Å². The molecule has 0 spiro atoms. The molecular weight excluding hydrogens is 208 g/mol. The van der Waals surface area contributed by atoms with Gasteiger partial charge in [-0.3, -0.25) is 4.99 Å². The highest BCUT2D eigenvalue weighted by Crippen LogP contribution is 2.27. The van der Waals surface area contributed by atoms with Gasteiger partial charge in [-0.2, -0.15) is 0 Å². The number of rotatable bonds is 1. The van der Waals surface area contributed by atoms with Crippen molar-refractivity contribution in [3.8, 4) is 0 Å². The van der Waals surface area contributed by atoms with E-state index in [1.807, 2.05) is 0 Å². The lowest BCUT2D eigenvalue weighted by Crippen LogP contribution is -2.43. The first-order valence-electron chi connectivity index (χ1n) is 6.37. The number of aryl methyl sites for hydroxylation is 1. The van der Waals surface area contributed by atoms with Crippen LogP contribution in [-0.2, 0) is 0 Å². The van der Waals surface area contributed by atoms with E-state index in [-0.39, 0.29) is 5.41 Å². The van der Waals surface area contributed by atoms with Gasteiger partial charge >= 0.3 is 0 Å². The van der Waals surface area contributed by atoms with Gasteiger partial charge in [-0.25, -0.2) is 0 Å². The Labute approximate surface area is 104 Å². The van der Waals surface area contributed by atoms with Crippen LogP contribution in [0.15, 0.2) is 29.3 Å². The van der Waals surface area contributed by atoms with E-state index < -0.39 is 0 Å². The second-order valence-electron chi connectivity index (χ2n) is 5.80.